The van der Waals surface area contributed by atoms with Gasteiger partial charge in [0.25, 0.3) is 0 Å². The first-order chi connectivity index (χ1) is 5.84. The van der Waals surface area contributed by atoms with E-state index in [0.29, 0.717) is 6.42 Å². The molecule has 0 aliphatic heterocycles. The van der Waals surface area contributed by atoms with Crippen molar-refractivity contribution >= 4 is 11.9 Å². The van der Waals surface area contributed by atoms with E-state index in [4.69, 9.17) is 10.2 Å². The highest BCUT2D eigenvalue weighted by molar-refractivity contribution is 5.75. The molecule has 0 spiro atoms. The molecule has 0 aromatic carbocycles. The summed E-state index contributed by atoms with van der Waals surface area (Å²) in [7, 11) is 0. The number of hydrogen-bond donors (Lipinski definition) is 2. The Bertz CT molecular complexity index is 244. The molecule has 0 radical (unpaired) electrons. The monoisotopic (exact) mass is 186 g/mol. The molecule has 0 aromatic rings. The first-order valence-electron chi connectivity index (χ1n) is 4.29. The number of rotatable bonds is 3. The molecule has 4 heteroatoms. The Labute approximate surface area is 76.6 Å². The molecule has 1 aliphatic rings. The molecule has 0 amide bonds. The predicted octanol–water partition coefficient (Wildman–Crippen LogP) is 1.21. The van der Waals surface area contributed by atoms with Gasteiger partial charge in [0.2, 0.25) is 0 Å². The first-order valence-corrected chi connectivity index (χ1v) is 4.29. The van der Waals surface area contributed by atoms with Gasteiger partial charge in [-0.2, -0.15) is 0 Å². The smallest absolute Gasteiger partial charge is 0.307 e. The largest absolute Gasteiger partial charge is 0.481 e. The molecule has 4 nitrogen and oxygen atoms in total. The lowest BCUT2D eigenvalue weighted by Crippen LogP contribution is -2.49. The number of carbonyl (C=O) groups is 2. The normalized spacial score (nSPS) is 30.6. The summed E-state index contributed by atoms with van der Waals surface area (Å²) < 4.78 is 0. The van der Waals surface area contributed by atoms with E-state index in [9.17, 15) is 9.59 Å². The summed E-state index contributed by atoms with van der Waals surface area (Å²) in [6, 6.07) is 0. The second-order valence-electron chi connectivity index (χ2n) is 4.37. The Kier molecular flexibility index (Phi) is 2.32. The second-order valence-corrected chi connectivity index (χ2v) is 4.37. The van der Waals surface area contributed by atoms with E-state index in [1.165, 1.54) is 0 Å². The van der Waals surface area contributed by atoms with Crippen LogP contribution in [-0.4, -0.2) is 22.2 Å². The van der Waals surface area contributed by atoms with Crippen molar-refractivity contribution in [3.05, 3.63) is 0 Å². The van der Waals surface area contributed by atoms with Gasteiger partial charge < -0.3 is 10.2 Å². The van der Waals surface area contributed by atoms with Gasteiger partial charge in [-0.25, -0.2) is 0 Å². The topological polar surface area (TPSA) is 74.6 Å². The van der Waals surface area contributed by atoms with E-state index in [2.05, 4.69) is 0 Å². The van der Waals surface area contributed by atoms with Crippen molar-refractivity contribution in [3.8, 4) is 0 Å². The molecule has 0 heterocycles. The van der Waals surface area contributed by atoms with Crippen LogP contribution in [0.5, 0.6) is 0 Å². The zero-order valence-electron chi connectivity index (χ0n) is 7.78. The van der Waals surface area contributed by atoms with Crippen LogP contribution in [0.1, 0.15) is 26.7 Å². The van der Waals surface area contributed by atoms with Crippen molar-refractivity contribution in [2.45, 2.75) is 26.7 Å². The fraction of sp³-hybridized carbons (Fsp3) is 0.778. The lowest BCUT2D eigenvalue weighted by atomic mass is 9.55. The van der Waals surface area contributed by atoms with Crippen LogP contribution < -0.4 is 0 Å². The fourth-order valence-electron chi connectivity index (χ4n) is 2.35. The standard InChI is InChI=1S/C9H14O4/c1-9(2)4-5(3-6(10)11)7(9)8(12)13/h5,7H,3-4H2,1-2H3,(H,10,11)(H,12,13)/t5-,7-/m0/s1. The third kappa shape index (κ3) is 1.82. The molecule has 2 N–H and O–H groups in total. The van der Waals surface area contributed by atoms with Crippen molar-refractivity contribution in [2.24, 2.45) is 17.3 Å². The third-order valence-corrected chi connectivity index (χ3v) is 2.80. The second kappa shape index (κ2) is 3.01. The summed E-state index contributed by atoms with van der Waals surface area (Å²) in [5.41, 5.74) is -0.244. The molecule has 0 bridgehead atoms. The third-order valence-electron chi connectivity index (χ3n) is 2.80. The maximum absolute atomic E-state index is 10.8. The van der Waals surface area contributed by atoms with Gasteiger partial charge in [-0.05, 0) is 17.8 Å². The molecule has 1 fully saturated rings. The maximum Gasteiger partial charge on any atom is 0.307 e. The highest BCUT2D eigenvalue weighted by atomic mass is 16.4. The molecule has 1 aliphatic carbocycles. The average molecular weight is 186 g/mol. The number of hydrogen-bond acceptors (Lipinski definition) is 2. The summed E-state index contributed by atoms with van der Waals surface area (Å²) >= 11 is 0. The highest BCUT2D eigenvalue weighted by Crippen LogP contribution is 2.52. The number of aliphatic carboxylic acids is 2. The average Bonchev–Trinajstić information content (AvgIpc) is 1.80. The van der Waals surface area contributed by atoms with Gasteiger partial charge in [0.15, 0.2) is 0 Å². The number of carboxylic acid groups (broad SMARTS) is 2. The van der Waals surface area contributed by atoms with Crippen LogP contribution in [-0.2, 0) is 9.59 Å². The van der Waals surface area contributed by atoms with Gasteiger partial charge >= 0.3 is 11.9 Å². The van der Waals surface area contributed by atoms with E-state index < -0.39 is 17.9 Å². The Morgan fingerprint density at radius 1 is 1.38 bits per heavy atom. The van der Waals surface area contributed by atoms with Crippen LogP contribution >= 0.6 is 0 Å². The van der Waals surface area contributed by atoms with Crippen LogP contribution in [0.2, 0.25) is 0 Å². The summed E-state index contributed by atoms with van der Waals surface area (Å²) in [5.74, 6) is -2.47. The van der Waals surface area contributed by atoms with Gasteiger partial charge in [0, 0.05) is 6.42 Å². The van der Waals surface area contributed by atoms with E-state index in [1.54, 1.807) is 0 Å². The summed E-state index contributed by atoms with van der Waals surface area (Å²) in [5, 5.41) is 17.4. The molecular weight excluding hydrogens is 172 g/mol. The van der Waals surface area contributed by atoms with Crippen molar-refractivity contribution in [1.29, 1.82) is 0 Å². The summed E-state index contributed by atoms with van der Waals surface area (Å²) in [6.07, 6.45) is 0.663. The quantitative estimate of drug-likeness (QED) is 0.694. The van der Waals surface area contributed by atoms with E-state index in [0.717, 1.165) is 0 Å². The predicted molar refractivity (Wildman–Crippen MR) is 45.3 cm³/mol. The van der Waals surface area contributed by atoms with Crippen molar-refractivity contribution in [1.82, 2.24) is 0 Å². The molecule has 13 heavy (non-hydrogen) atoms. The van der Waals surface area contributed by atoms with Crippen LogP contribution in [0, 0.1) is 17.3 Å². The summed E-state index contributed by atoms with van der Waals surface area (Å²) in [4.78, 5) is 21.2. The van der Waals surface area contributed by atoms with Crippen LogP contribution in [0.4, 0.5) is 0 Å². The zero-order chi connectivity index (χ0) is 10.2. The van der Waals surface area contributed by atoms with Gasteiger partial charge in [0.05, 0.1) is 5.92 Å². The van der Waals surface area contributed by atoms with Crippen molar-refractivity contribution in [3.63, 3.8) is 0 Å². The van der Waals surface area contributed by atoms with E-state index in [-0.39, 0.29) is 17.8 Å². The first kappa shape index (κ1) is 10.0. The van der Waals surface area contributed by atoms with Crippen molar-refractivity contribution < 1.29 is 19.8 Å². The zero-order valence-corrected chi connectivity index (χ0v) is 7.78. The molecule has 0 saturated heterocycles. The Balaban J connectivity index is 2.63. The minimum Gasteiger partial charge on any atom is -0.481 e. The molecule has 0 unspecified atom stereocenters. The minimum atomic E-state index is -0.910. The lowest BCUT2D eigenvalue weighted by Gasteiger charge is -2.48. The van der Waals surface area contributed by atoms with Crippen molar-refractivity contribution in [2.75, 3.05) is 0 Å². The Hall–Kier alpha value is -1.06. The van der Waals surface area contributed by atoms with Crippen LogP contribution in [0.15, 0.2) is 0 Å². The number of carboxylic acids is 2. The molecule has 2 atom stereocenters. The molecule has 74 valence electrons. The van der Waals surface area contributed by atoms with Gasteiger partial charge in [-0.15, -0.1) is 0 Å². The fourth-order valence-corrected chi connectivity index (χ4v) is 2.35. The van der Waals surface area contributed by atoms with Gasteiger partial charge in [0.1, 0.15) is 0 Å². The lowest BCUT2D eigenvalue weighted by molar-refractivity contribution is -0.162. The van der Waals surface area contributed by atoms with Crippen LogP contribution in [0.3, 0.4) is 0 Å². The van der Waals surface area contributed by atoms with Gasteiger partial charge in [-0.3, -0.25) is 9.59 Å². The molecule has 1 rings (SSSR count). The molecule has 0 aromatic heterocycles. The highest BCUT2D eigenvalue weighted by Gasteiger charge is 2.51. The SMILES string of the molecule is CC1(C)C[C@H](CC(=O)O)[C@H]1C(=O)O. The maximum atomic E-state index is 10.8. The molecular formula is C9H14O4. The molecule has 1 saturated carbocycles. The van der Waals surface area contributed by atoms with E-state index in [1.807, 2.05) is 13.8 Å². The van der Waals surface area contributed by atoms with Gasteiger partial charge in [-0.1, -0.05) is 13.8 Å². The van der Waals surface area contributed by atoms with E-state index >= 15 is 0 Å². The van der Waals surface area contributed by atoms with Crippen LogP contribution in [0.25, 0.3) is 0 Å². The Morgan fingerprint density at radius 2 is 1.92 bits per heavy atom. The minimum absolute atomic E-state index is 0.0274. The Morgan fingerprint density at radius 3 is 2.23 bits per heavy atom. The summed E-state index contributed by atoms with van der Waals surface area (Å²) in [6.45, 7) is 3.73.